The van der Waals surface area contributed by atoms with Crippen molar-refractivity contribution >= 4 is 44.6 Å². The van der Waals surface area contributed by atoms with Gasteiger partial charge in [-0.2, -0.15) is 0 Å². The molecular formula is C22H18BrN3O2S. The van der Waals surface area contributed by atoms with Crippen molar-refractivity contribution in [2.75, 3.05) is 0 Å². The first-order chi connectivity index (χ1) is 14.1. The molecule has 0 spiro atoms. The van der Waals surface area contributed by atoms with E-state index < -0.39 is 5.91 Å². The van der Waals surface area contributed by atoms with Crippen LogP contribution in [0, 0.1) is 0 Å². The van der Waals surface area contributed by atoms with E-state index in [0.29, 0.717) is 5.56 Å². The fourth-order valence-electron chi connectivity index (χ4n) is 3.05. The summed E-state index contributed by atoms with van der Waals surface area (Å²) in [6.45, 7) is 0.742. The standard InChI is InChI=1S/C22H18BrN3O2S/c23-18-11-7-15(8-12-18)13-26-20-4-2-1-3-19(20)24-22(26)29-14-16-5-9-17(10-6-16)21(27)25-28/h1-12,28H,13-14H2,(H,25,27). The molecule has 0 radical (unpaired) electrons. The van der Waals surface area contributed by atoms with Crippen LogP contribution in [0.2, 0.25) is 0 Å². The molecule has 7 heteroatoms. The van der Waals surface area contributed by atoms with E-state index in [-0.39, 0.29) is 0 Å². The lowest BCUT2D eigenvalue weighted by Crippen LogP contribution is -2.18. The summed E-state index contributed by atoms with van der Waals surface area (Å²) in [5.41, 5.74) is 6.43. The van der Waals surface area contributed by atoms with Gasteiger partial charge in [-0.25, -0.2) is 10.5 Å². The zero-order valence-electron chi connectivity index (χ0n) is 15.4. The van der Waals surface area contributed by atoms with Crippen LogP contribution in [0.4, 0.5) is 0 Å². The fraction of sp³-hybridized carbons (Fsp3) is 0.0909. The summed E-state index contributed by atoms with van der Waals surface area (Å²) >= 11 is 5.15. The average Bonchev–Trinajstić information content (AvgIpc) is 3.11. The maximum atomic E-state index is 11.5. The number of carbonyl (C=O) groups is 1. The minimum Gasteiger partial charge on any atom is -0.314 e. The van der Waals surface area contributed by atoms with Crippen molar-refractivity contribution in [2.45, 2.75) is 17.5 Å². The Kier molecular flexibility index (Phi) is 5.99. The molecule has 0 saturated heterocycles. The predicted molar refractivity (Wildman–Crippen MR) is 118 cm³/mol. The number of aromatic nitrogens is 2. The van der Waals surface area contributed by atoms with Crippen LogP contribution in [0.5, 0.6) is 0 Å². The zero-order chi connectivity index (χ0) is 20.2. The smallest absolute Gasteiger partial charge is 0.274 e. The maximum Gasteiger partial charge on any atom is 0.274 e. The number of imidazole rings is 1. The maximum absolute atomic E-state index is 11.5. The SMILES string of the molecule is O=C(NO)c1ccc(CSc2nc3ccccc3n2Cc2ccc(Br)cc2)cc1. The van der Waals surface area contributed by atoms with E-state index in [0.717, 1.165) is 38.5 Å². The molecule has 0 fully saturated rings. The van der Waals surface area contributed by atoms with E-state index in [9.17, 15) is 4.79 Å². The highest BCUT2D eigenvalue weighted by Crippen LogP contribution is 2.28. The summed E-state index contributed by atoms with van der Waals surface area (Å²) in [5.74, 6) is 0.213. The van der Waals surface area contributed by atoms with Gasteiger partial charge in [-0.3, -0.25) is 10.0 Å². The molecule has 0 aliphatic carbocycles. The summed E-state index contributed by atoms with van der Waals surface area (Å²) in [7, 11) is 0. The first-order valence-corrected chi connectivity index (χ1v) is 10.8. The molecule has 29 heavy (non-hydrogen) atoms. The van der Waals surface area contributed by atoms with E-state index in [1.54, 1.807) is 29.4 Å². The molecule has 1 amide bonds. The molecular weight excluding hydrogens is 450 g/mol. The lowest BCUT2D eigenvalue weighted by atomic mass is 10.1. The molecule has 0 aliphatic rings. The van der Waals surface area contributed by atoms with E-state index >= 15 is 0 Å². The third kappa shape index (κ3) is 4.53. The van der Waals surface area contributed by atoms with E-state index in [1.165, 1.54) is 5.56 Å². The molecule has 1 aromatic heterocycles. The number of benzene rings is 3. The van der Waals surface area contributed by atoms with Crippen LogP contribution in [0.25, 0.3) is 11.0 Å². The summed E-state index contributed by atoms with van der Waals surface area (Å²) in [5, 5.41) is 9.68. The van der Waals surface area contributed by atoms with Gasteiger partial charge in [0.2, 0.25) is 0 Å². The van der Waals surface area contributed by atoms with Crippen molar-refractivity contribution in [2.24, 2.45) is 0 Å². The fourth-order valence-corrected chi connectivity index (χ4v) is 4.29. The van der Waals surface area contributed by atoms with Gasteiger partial charge < -0.3 is 4.57 Å². The summed E-state index contributed by atoms with van der Waals surface area (Å²) < 4.78 is 3.29. The third-order valence-electron chi connectivity index (χ3n) is 4.56. The second-order valence-electron chi connectivity index (χ2n) is 6.52. The highest BCUT2D eigenvalue weighted by molar-refractivity contribution is 9.10. The number of thioether (sulfide) groups is 1. The van der Waals surface area contributed by atoms with Crippen molar-refractivity contribution in [3.63, 3.8) is 0 Å². The number of hydroxylamine groups is 1. The molecule has 5 nitrogen and oxygen atoms in total. The molecule has 2 N–H and O–H groups in total. The highest BCUT2D eigenvalue weighted by atomic mass is 79.9. The number of halogens is 1. The van der Waals surface area contributed by atoms with E-state index in [2.05, 4.69) is 38.7 Å². The van der Waals surface area contributed by atoms with Crippen molar-refractivity contribution < 1.29 is 10.0 Å². The van der Waals surface area contributed by atoms with Gasteiger partial charge in [0, 0.05) is 15.8 Å². The molecule has 0 unspecified atom stereocenters. The Bertz CT molecular complexity index is 1140. The number of hydrogen-bond acceptors (Lipinski definition) is 4. The van der Waals surface area contributed by atoms with Crippen molar-refractivity contribution in [1.82, 2.24) is 15.0 Å². The Balaban J connectivity index is 1.58. The van der Waals surface area contributed by atoms with Gasteiger partial charge >= 0.3 is 0 Å². The van der Waals surface area contributed by atoms with Crippen LogP contribution in [-0.2, 0) is 12.3 Å². The van der Waals surface area contributed by atoms with Gasteiger partial charge in [0.25, 0.3) is 5.91 Å². The quantitative estimate of drug-likeness (QED) is 0.230. The van der Waals surface area contributed by atoms with Crippen molar-refractivity contribution in [3.05, 3.63) is 94.0 Å². The van der Waals surface area contributed by atoms with Crippen molar-refractivity contribution in [3.8, 4) is 0 Å². The number of carbonyl (C=O) groups excluding carboxylic acids is 1. The first kappa shape index (κ1) is 19.7. The van der Waals surface area contributed by atoms with Crippen LogP contribution in [0.15, 0.2) is 82.4 Å². The van der Waals surface area contributed by atoms with Crippen molar-refractivity contribution in [1.29, 1.82) is 0 Å². The minimum atomic E-state index is -0.513. The monoisotopic (exact) mass is 467 g/mol. The number of rotatable bonds is 6. The van der Waals surface area contributed by atoms with Crippen LogP contribution in [0.3, 0.4) is 0 Å². The van der Waals surface area contributed by atoms with Gasteiger partial charge in [-0.05, 0) is 47.5 Å². The molecule has 4 rings (SSSR count). The molecule has 3 aromatic carbocycles. The molecule has 0 bridgehead atoms. The van der Waals surface area contributed by atoms with Crippen LogP contribution in [-0.4, -0.2) is 20.7 Å². The average molecular weight is 468 g/mol. The Labute approximate surface area is 180 Å². The zero-order valence-corrected chi connectivity index (χ0v) is 17.8. The number of para-hydroxylation sites is 2. The highest BCUT2D eigenvalue weighted by Gasteiger charge is 2.12. The number of amides is 1. The normalized spacial score (nSPS) is 11.0. The van der Waals surface area contributed by atoms with Crippen LogP contribution >= 0.6 is 27.7 Å². The number of fused-ring (bicyclic) bond motifs is 1. The molecule has 0 aliphatic heterocycles. The second-order valence-corrected chi connectivity index (χ2v) is 8.38. The van der Waals surface area contributed by atoms with Gasteiger partial charge in [-0.1, -0.05) is 64.1 Å². The molecule has 0 atom stereocenters. The Hall–Kier alpha value is -2.61. The topological polar surface area (TPSA) is 67.2 Å². The Morgan fingerprint density at radius 2 is 1.69 bits per heavy atom. The number of nitrogens with zero attached hydrogens (tertiary/aromatic N) is 2. The third-order valence-corrected chi connectivity index (χ3v) is 6.14. The molecule has 146 valence electrons. The summed E-state index contributed by atoms with van der Waals surface area (Å²) in [6.07, 6.45) is 0. The van der Waals surface area contributed by atoms with Crippen LogP contribution in [0.1, 0.15) is 21.5 Å². The van der Waals surface area contributed by atoms with E-state index in [4.69, 9.17) is 10.2 Å². The summed E-state index contributed by atoms with van der Waals surface area (Å²) in [4.78, 5) is 16.3. The number of nitrogens with one attached hydrogen (secondary N) is 1. The van der Waals surface area contributed by atoms with Gasteiger partial charge in [0.05, 0.1) is 17.6 Å². The Morgan fingerprint density at radius 1 is 1.00 bits per heavy atom. The lowest BCUT2D eigenvalue weighted by molar-refractivity contribution is 0.0706. The number of hydrogen-bond donors (Lipinski definition) is 2. The first-order valence-electron chi connectivity index (χ1n) is 9.00. The largest absolute Gasteiger partial charge is 0.314 e. The summed E-state index contributed by atoms with van der Waals surface area (Å²) in [6, 6.07) is 23.6. The van der Waals surface area contributed by atoms with Gasteiger partial charge in [0.1, 0.15) is 0 Å². The lowest BCUT2D eigenvalue weighted by Gasteiger charge is -2.10. The Morgan fingerprint density at radius 3 is 2.41 bits per heavy atom. The van der Waals surface area contributed by atoms with Gasteiger partial charge in [0.15, 0.2) is 5.16 Å². The van der Waals surface area contributed by atoms with Crippen LogP contribution < -0.4 is 5.48 Å². The van der Waals surface area contributed by atoms with Gasteiger partial charge in [-0.15, -0.1) is 0 Å². The minimum absolute atomic E-state index is 0.420. The van der Waals surface area contributed by atoms with E-state index in [1.807, 2.05) is 42.5 Å². The molecule has 1 heterocycles. The molecule has 0 saturated carbocycles. The predicted octanol–water partition coefficient (Wildman–Crippen LogP) is 5.26. The molecule has 4 aromatic rings. The second kappa shape index (κ2) is 8.82.